The fourth-order valence-corrected chi connectivity index (χ4v) is 4.22. The number of aromatic nitrogens is 2. The van der Waals surface area contributed by atoms with E-state index in [4.69, 9.17) is 5.73 Å². The number of benzene rings is 3. The van der Waals surface area contributed by atoms with Gasteiger partial charge in [-0.3, -0.25) is 9.59 Å². The van der Waals surface area contributed by atoms with Crippen molar-refractivity contribution in [2.24, 2.45) is 5.92 Å². The molecule has 0 spiro atoms. The van der Waals surface area contributed by atoms with Gasteiger partial charge in [0.15, 0.2) is 0 Å². The number of carbonyl (C=O) groups excluding carboxylic acids is 2. The summed E-state index contributed by atoms with van der Waals surface area (Å²) in [7, 11) is 0. The summed E-state index contributed by atoms with van der Waals surface area (Å²) in [6.45, 7) is 0.329. The van der Waals surface area contributed by atoms with E-state index in [2.05, 4.69) is 21.8 Å². The van der Waals surface area contributed by atoms with E-state index in [-0.39, 0.29) is 34.9 Å². The van der Waals surface area contributed by atoms with Crippen LogP contribution >= 0.6 is 0 Å². The highest BCUT2D eigenvalue weighted by Gasteiger charge is 2.30. The van der Waals surface area contributed by atoms with Gasteiger partial charge in [-0.1, -0.05) is 24.3 Å². The molecular weight excluding hydrogens is 471 g/mol. The van der Waals surface area contributed by atoms with Crippen molar-refractivity contribution >= 4 is 34.1 Å². The minimum atomic E-state index is -0.382. The topological polar surface area (TPSA) is 126 Å². The molecule has 5 rings (SSSR count). The van der Waals surface area contributed by atoms with Crippen LogP contribution in [0.2, 0.25) is 0 Å². The van der Waals surface area contributed by atoms with Crippen LogP contribution in [0.1, 0.15) is 40.9 Å². The van der Waals surface area contributed by atoms with Crippen LogP contribution in [-0.4, -0.2) is 28.1 Å². The molecule has 0 saturated heterocycles. The summed E-state index contributed by atoms with van der Waals surface area (Å²) in [5.41, 5.74) is 8.32. The van der Waals surface area contributed by atoms with E-state index in [1.54, 1.807) is 6.07 Å². The number of nitrogens with zero attached hydrogens (tertiary/aromatic N) is 3. The van der Waals surface area contributed by atoms with Gasteiger partial charge in [-0.2, -0.15) is 10.4 Å². The lowest BCUT2D eigenvalue weighted by Gasteiger charge is -2.13. The minimum Gasteiger partial charge on any atom is -0.382 e. The smallest absolute Gasteiger partial charge is 0.253 e. The van der Waals surface area contributed by atoms with Crippen LogP contribution in [-0.2, 0) is 11.2 Å². The molecule has 0 radical (unpaired) electrons. The Labute approximate surface area is 212 Å². The molecule has 186 valence electrons. The predicted octanol–water partition coefficient (Wildman–Crippen LogP) is 4.33. The summed E-state index contributed by atoms with van der Waals surface area (Å²) in [6, 6.07) is 19.0. The SMILES string of the molecule is N#Cc1c(CCCNC(=O)c2cc3ccccc3cc2NC(=O)C2CC2)nn(-c2ccc(F)cc2)c1N. The van der Waals surface area contributed by atoms with E-state index in [9.17, 15) is 19.2 Å². The van der Waals surface area contributed by atoms with E-state index in [0.29, 0.717) is 42.0 Å². The molecule has 4 aromatic rings. The highest BCUT2D eigenvalue weighted by Crippen LogP contribution is 2.32. The number of nitrogens with two attached hydrogens (primary N) is 1. The number of hydrogen-bond donors (Lipinski definition) is 3. The number of carbonyl (C=O) groups is 2. The largest absolute Gasteiger partial charge is 0.382 e. The number of nitrogen functional groups attached to an aromatic ring is 1. The van der Waals surface area contributed by atoms with Gasteiger partial charge in [0.05, 0.1) is 22.6 Å². The highest BCUT2D eigenvalue weighted by molar-refractivity contribution is 6.08. The van der Waals surface area contributed by atoms with E-state index in [1.165, 1.54) is 28.9 Å². The fourth-order valence-electron chi connectivity index (χ4n) is 4.22. The summed E-state index contributed by atoms with van der Waals surface area (Å²) < 4.78 is 14.7. The molecular formula is C28H25FN6O2. The lowest BCUT2D eigenvalue weighted by molar-refractivity contribution is -0.117. The van der Waals surface area contributed by atoms with Gasteiger partial charge in [-0.05, 0) is 72.9 Å². The summed E-state index contributed by atoms with van der Waals surface area (Å²) in [4.78, 5) is 25.5. The molecule has 1 fully saturated rings. The van der Waals surface area contributed by atoms with Gasteiger partial charge in [0, 0.05) is 12.5 Å². The molecule has 1 aliphatic carbocycles. The zero-order valence-electron chi connectivity index (χ0n) is 20.0. The average Bonchev–Trinajstić information content (AvgIpc) is 3.71. The Morgan fingerprint density at radius 1 is 1.11 bits per heavy atom. The van der Waals surface area contributed by atoms with Crippen LogP contribution in [0.4, 0.5) is 15.9 Å². The standard InChI is InChI=1S/C28H25FN6O2/c29-20-9-11-21(12-10-20)35-26(31)23(16-30)24(34-35)6-3-13-32-28(37)22-14-18-4-1-2-5-19(18)15-25(22)33-27(36)17-7-8-17/h1-2,4-5,9-12,14-15,17H,3,6-8,13,31H2,(H,32,37)(H,33,36). The monoisotopic (exact) mass is 496 g/mol. The molecule has 0 unspecified atom stereocenters. The van der Waals surface area contributed by atoms with Crippen molar-refractivity contribution in [2.75, 3.05) is 17.6 Å². The number of nitrogens with one attached hydrogen (secondary N) is 2. The van der Waals surface area contributed by atoms with Crippen LogP contribution in [0.5, 0.6) is 0 Å². The fraction of sp³-hybridized carbons (Fsp3) is 0.214. The maximum Gasteiger partial charge on any atom is 0.253 e. The zero-order chi connectivity index (χ0) is 25.9. The van der Waals surface area contributed by atoms with Crippen molar-refractivity contribution in [3.8, 4) is 11.8 Å². The predicted molar refractivity (Wildman–Crippen MR) is 139 cm³/mol. The number of anilines is 2. The molecule has 1 aliphatic rings. The molecule has 4 N–H and O–H groups in total. The van der Waals surface area contributed by atoms with Gasteiger partial charge >= 0.3 is 0 Å². The summed E-state index contributed by atoms with van der Waals surface area (Å²) in [5.74, 6) is -0.553. The van der Waals surface area contributed by atoms with Gasteiger partial charge in [-0.25, -0.2) is 9.07 Å². The van der Waals surface area contributed by atoms with Gasteiger partial charge in [0.2, 0.25) is 5.91 Å². The van der Waals surface area contributed by atoms with E-state index in [1.807, 2.05) is 30.3 Å². The second-order valence-electron chi connectivity index (χ2n) is 9.07. The number of fused-ring (bicyclic) bond motifs is 1. The quantitative estimate of drug-likeness (QED) is 0.313. The third-order valence-corrected chi connectivity index (χ3v) is 6.39. The van der Waals surface area contributed by atoms with Crippen LogP contribution in [0, 0.1) is 23.1 Å². The Morgan fingerprint density at radius 3 is 2.49 bits per heavy atom. The van der Waals surface area contributed by atoms with Crippen LogP contribution in [0.15, 0.2) is 60.7 Å². The highest BCUT2D eigenvalue weighted by atomic mass is 19.1. The Bertz CT molecular complexity index is 1530. The molecule has 0 bridgehead atoms. The molecule has 1 heterocycles. The summed E-state index contributed by atoms with van der Waals surface area (Å²) in [5, 5.41) is 21.7. The maximum absolute atomic E-state index is 13.3. The first kappa shape index (κ1) is 24.0. The molecule has 37 heavy (non-hydrogen) atoms. The van der Waals surface area contributed by atoms with Crippen molar-refractivity contribution in [1.82, 2.24) is 15.1 Å². The van der Waals surface area contributed by atoms with Crippen LogP contribution in [0.3, 0.4) is 0 Å². The molecule has 9 heteroatoms. The second kappa shape index (κ2) is 10.1. The van der Waals surface area contributed by atoms with Gasteiger partial charge in [0.1, 0.15) is 23.3 Å². The molecule has 3 aromatic carbocycles. The third kappa shape index (κ3) is 5.14. The van der Waals surface area contributed by atoms with E-state index < -0.39 is 0 Å². The zero-order valence-corrected chi connectivity index (χ0v) is 20.0. The number of nitriles is 1. The number of aryl methyl sites for hydroxylation is 1. The number of halogens is 1. The van der Waals surface area contributed by atoms with E-state index in [0.717, 1.165) is 23.6 Å². The third-order valence-electron chi connectivity index (χ3n) is 6.39. The number of rotatable bonds is 8. The molecule has 8 nitrogen and oxygen atoms in total. The maximum atomic E-state index is 13.3. The summed E-state index contributed by atoms with van der Waals surface area (Å²) in [6.07, 6.45) is 2.66. The Kier molecular flexibility index (Phi) is 6.56. The first-order valence-electron chi connectivity index (χ1n) is 12.1. The molecule has 0 atom stereocenters. The van der Waals surface area contributed by atoms with Crippen LogP contribution in [0.25, 0.3) is 16.5 Å². The van der Waals surface area contributed by atoms with Gasteiger partial charge in [0.25, 0.3) is 5.91 Å². The Morgan fingerprint density at radius 2 is 1.81 bits per heavy atom. The van der Waals surface area contributed by atoms with Crippen LogP contribution < -0.4 is 16.4 Å². The van der Waals surface area contributed by atoms with Crippen molar-refractivity contribution in [3.05, 3.63) is 83.3 Å². The lowest BCUT2D eigenvalue weighted by Crippen LogP contribution is -2.26. The molecule has 1 aromatic heterocycles. The Balaban J connectivity index is 1.28. The molecule has 1 saturated carbocycles. The second-order valence-corrected chi connectivity index (χ2v) is 9.07. The Hall–Kier alpha value is -4.71. The number of hydrogen-bond acceptors (Lipinski definition) is 5. The molecule has 2 amide bonds. The van der Waals surface area contributed by atoms with Crippen molar-refractivity contribution in [3.63, 3.8) is 0 Å². The van der Waals surface area contributed by atoms with Crippen molar-refractivity contribution < 1.29 is 14.0 Å². The first-order valence-corrected chi connectivity index (χ1v) is 12.1. The number of amides is 2. The van der Waals surface area contributed by atoms with Crippen molar-refractivity contribution in [2.45, 2.75) is 25.7 Å². The average molecular weight is 497 g/mol. The minimum absolute atomic E-state index is 0.0128. The van der Waals surface area contributed by atoms with Gasteiger partial charge in [-0.15, -0.1) is 0 Å². The normalized spacial score (nSPS) is 12.8. The van der Waals surface area contributed by atoms with Crippen molar-refractivity contribution in [1.29, 1.82) is 5.26 Å². The molecule has 0 aliphatic heterocycles. The van der Waals surface area contributed by atoms with E-state index >= 15 is 0 Å². The summed E-state index contributed by atoms with van der Waals surface area (Å²) >= 11 is 0. The lowest BCUT2D eigenvalue weighted by atomic mass is 10.0. The first-order chi connectivity index (χ1) is 17.9. The van der Waals surface area contributed by atoms with Gasteiger partial charge < -0.3 is 16.4 Å².